The van der Waals surface area contributed by atoms with Crippen molar-refractivity contribution in [2.45, 2.75) is 57.3 Å². The summed E-state index contributed by atoms with van der Waals surface area (Å²) in [5, 5.41) is 9.99. The van der Waals surface area contributed by atoms with Crippen molar-refractivity contribution in [2.24, 2.45) is 0 Å². The molecule has 2 aliphatic carbocycles. The molecule has 0 unspecified atom stereocenters. The first kappa shape index (κ1) is 16.8. The molecule has 3 rings (SSSR count). The maximum atomic E-state index is 13.5. The van der Waals surface area contributed by atoms with Gasteiger partial charge in [-0.25, -0.2) is 0 Å². The molecule has 0 amide bonds. The van der Waals surface area contributed by atoms with E-state index < -0.39 is 17.3 Å². The molecule has 6 heteroatoms. The number of nitrogens with zero attached hydrogens (tertiary/aromatic N) is 1. The molecule has 2 nitrogen and oxygen atoms in total. The third kappa shape index (κ3) is 3.58. The van der Waals surface area contributed by atoms with E-state index in [-0.39, 0.29) is 11.7 Å². The van der Waals surface area contributed by atoms with Crippen LogP contribution in [0.1, 0.15) is 43.7 Å². The summed E-state index contributed by atoms with van der Waals surface area (Å²) in [7, 11) is 0. The van der Waals surface area contributed by atoms with E-state index >= 15 is 0 Å². The van der Waals surface area contributed by atoms with Crippen LogP contribution in [0.15, 0.2) is 28.4 Å². The Kier molecular flexibility index (Phi) is 4.04. The minimum atomic E-state index is -4.42. The predicted octanol–water partition coefficient (Wildman–Crippen LogP) is 5.17. The zero-order valence-corrected chi connectivity index (χ0v) is 14.6. The van der Waals surface area contributed by atoms with E-state index in [4.69, 9.17) is 0 Å². The summed E-state index contributed by atoms with van der Waals surface area (Å²) >= 11 is 3.16. The zero-order valence-electron chi connectivity index (χ0n) is 13.0. The quantitative estimate of drug-likeness (QED) is 0.770. The second kappa shape index (κ2) is 5.52. The van der Waals surface area contributed by atoms with Gasteiger partial charge in [0.25, 0.3) is 0 Å². The topological polar surface area (TPSA) is 23.5 Å². The second-order valence-corrected chi connectivity index (χ2v) is 7.79. The normalized spacial score (nSPS) is 26.7. The van der Waals surface area contributed by atoms with Crippen LogP contribution in [0.4, 0.5) is 18.9 Å². The fourth-order valence-corrected chi connectivity index (χ4v) is 3.77. The van der Waals surface area contributed by atoms with Gasteiger partial charge in [0.2, 0.25) is 0 Å². The minimum Gasteiger partial charge on any atom is -0.390 e. The van der Waals surface area contributed by atoms with Crippen LogP contribution in [0.2, 0.25) is 0 Å². The Morgan fingerprint density at radius 1 is 1.30 bits per heavy atom. The molecule has 2 saturated carbocycles. The summed E-state index contributed by atoms with van der Waals surface area (Å²) in [6.45, 7) is 3.43. The molecule has 1 N–H and O–H groups in total. The fraction of sp³-hybridized carbons (Fsp3) is 0.529. The summed E-state index contributed by atoms with van der Waals surface area (Å²) in [5.41, 5.74) is 0.531. The van der Waals surface area contributed by atoms with Crippen LogP contribution in [0.5, 0.6) is 0 Å². The molecule has 0 bridgehead atoms. The number of benzene rings is 1. The Labute approximate surface area is 142 Å². The number of rotatable bonds is 3. The highest BCUT2D eigenvalue weighted by Gasteiger charge is 2.44. The lowest BCUT2D eigenvalue weighted by Gasteiger charge is -2.47. The number of aryl methyl sites for hydroxylation is 1. The first-order valence-electron chi connectivity index (χ1n) is 7.64. The molecule has 0 aromatic heterocycles. The number of hydrogen-bond acceptors (Lipinski definition) is 2. The summed E-state index contributed by atoms with van der Waals surface area (Å²) < 4.78 is 41.0. The first-order chi connectivity index (χ1) is 10.6. The average molecular weight is 390 g/mol. The van der Waals surface area contributed by atoms with Gasteiger partial charge < -0.3 is 10.0 Å². The number of aliphatic hydroxyl groups is 1. The van der Waals surface area contributed by atoms with E-state index in [1.807, 2.05) is 6.20 Å². The lowest BCUT2D eigenvalue weighted by molar-refractivity contribution is -0.137. The largest absolute Gasteiger partial charge is 0.418 e. The van der Waals surface area contributed by atoms with Crippen LogP contribution in [-0.4, -0.2) is 16.7 Å². The lowest BCUT2D eigenvalue weighted by Crippen LogP contribution is -2.52. The van der Waals surface area contributed by atoms with E-state index in [0.717, 1.165) is 24.5 Å². The SMILES string of the molecule is Cc1cc(Br)cc(C(F)(F)F)c1N(C=C1CC1)[C@H]1C[C@@](C)(O)C1. The van der Waals surface area contributed by atoms with E-state index in [0.29, 0.717) is 22.9 Å². The van der Waals surface area contributed by atoms with Crippen molar-refractivity contribution in [3.05, 3.63) is 39.5 Å². The van der Waals surface area contributed by atoms with Gasteiger partial charge >= 0.3 is 6.18 Å². The predicted molar refractivity (Wildman–Crippen MR) is 87.3 cm³/mol. The van der Waals surface area contributed by atoms with Gasteiger partial charge in [0.1, 0.15) is 0 Å². The molecule has 0 heterocycles. The summed E-state index contributed by atoms with van der Waals surface area (Å²) in [6.07, 6.45) is 0.266. The summed E-state index contributed by atoms with van der Waals surface area (Å²) in [6, 6.07) is 2.75. The van der Waals surface area contributed by atoms with Crippen molar-refractivity contribution in [3.63, 3.8) is 0 Å². The second-order valence-electron chi connectivity index (χ2n) is 6.87. The van der Waals surface area contributed by atoms with Crippen molar-refractivity contribution in [2.75, 3.05) is 4.90 Å². The van der Waals surface area contributed by atoms with Crippen LogP contribution in [0.3, 0.4) is 0 Å². The fourth-order valence-electron chi connectivity index (χ4n) is 3.20. The van der Waals surface area contributed by atoms with Gasteiger partial charge in [-0.05, 0) is 57.2 Å². The molecule has 2 fully saturated rings. The monoisotopic (exact) mass is 389 g/mol. The Bertz CT molecular complexity index is 653. The molecule has 0 saturated heterocycles. The average Bonchev–Trinajstić information content (AvgIpc) is 3.15. The van der Waals surface area contributed by atoms with E-state index in [1.54, 1.807) is 24.8 Å². The molecule has 0 radical (unpaired) electrons. The van der Waals surface area contributed by atoms with Crippen LogP contribution in [0, 0.1) is 6.92 Å². The number of alkyl halides is 3. The molecule has 126 valence electrons. The van der Waals surface area contributed by atoms with Crippen LogP contribution >= 0.6 is 15.9 Å². The Morgan fingerprint density at radius 3 is 2.39 bits per heavy atom. The Hall–Kier alpha value is -1.01. The van der Waals surface area contributed by atoms with E-state index in [1.165, 1.54) is 0 Å². The summed E-state index contributed by atoms with van der Waals surface area (Å²) in [5.74, 6) is 0. The molecule has 1 aromatic rings. The van der Waals surface area contributed by atoms with Crippen LogP contribution < -0.4 is 4.90 Å². The van der Waals surface area contributed by atoms with E-state index in [2.05, 4.69) is 15.9 Å². The lowest BCUT2D eigenvalue weighted by atomic mass is 9.76. The van der Waals surface area contributed by atoms with Gasteiger partial charge in [0, 0.05) is 16.7 Å². The van der Waals surface area contributed by atoms with Crippen LogP contribution in [0.25, 0.3) is 0 Å². The number of anilines is 1. The zero-order chi connectivity index (χ0) is 17.0. The minimum absolute atomic E-state index is 0.0981. The molecule has 0 atom stereocenters. The highest BCUT2D eigenvalue weighted by Crippen LogP contribution is 2.46. The maximum absolute atomic E-state index is 13.5. The Morgan fingerprint density at radius 2 is 1.91 bits per heavy atom. The third-order valence-corrected chi connectivity index (χ3v) is 4.89. The third-order valence-electron chi connectivity index (χ3n) is 4.43. The Balaban J connectivity index is 2.07. The molecule has 0 spiro atoms. The first-order valence-corrected chi connectivity index (χ1v) is 8.44. The maximum Gasteiger partial charge on any atom is 0.418 e. The van der Waals surface area contributed by atoms with Gasteiger partial charge in [-0.1, -0.05) is 21.5 Å². The van der Waals surface area contributed by atoms with Gasteiger partial charge in [-0.3, -0.25) is 0 Å². The molecule has 1 aromatic carbocycles. The van der Waals surface area contributed by atoms with Gasteiger partial charge in [0.05, 0.1) is 16.9 Å². The van der Waals surface area contributed by atoms with Crippen molar-refractivity contribution >= 4 is 21.6 Å². The molecular weight excluding hydrogens is 371 g/mol. The number of hydrogen-bond donors (Lipinski definition) is 1. The standard InChI is InChI=1S/C17H19BrF3NO/c1-10-5-12(18)6-14(17(19,20)21)15(10)22(9-11-3-4-11)13-7-16(2,23)8-13/h5-6,9,13,23H,3-4,7-8H2,1-2H3/t13-,16+. The van der Waals surface area contributed by atoms with Gasteiger partial charge in [-0.2, -0.15) is 13.2 Å². The highest BCUT2D eigenvalue weighted by atomic mass is 79.9. The van der Waals surface area contributed by atoms with Crippen LogP contribution in [-0.2, 0) is 6.18 Å². The molecule has 0 aliphatic heterocycles. The molecule has 23 heavy (non-hydrogen) atoms. The molecule has 2 aliphatic rings. The van der Waals surface area contributed by atoms with E-state index in [9.17, 15) is 18.3 Å². The van der Waals surface area contributed by atoms with Crippen molar-refractivity contribution in [1.82, 2.24) is 0 Å². The smallest absolute Gasteiger partial charge is 0.390 e. The highest BCUT2D eigenvalue weighted by molar-refractivity contribution is 9.10. The molecular formula is C17H19BrF3NO. The van der Waals surface area contributed by atoms with Crippen molar-refractivity contribution in [3.8, 4) is 0 Å². The summed E-state index contributed by atoms with van der Waals surface area (Å²) in [4.78, 5) is 1.74. The van der Waals surface area contributed by atoms with Gasteiger partial charge in [0.15, 0.2) is 0 Å². The number of allylic oxidation sites excluding steroid dienone is 1. The van der Waals surface area contributed by atoms with Crippen molar-refractivity contribution < 1.29 is 18.3 Å². The van der Waals surface area contributed by atoms with Crippen molar-refractivity contribution in [1.29, 1.82) is 0 Å². The number of halogens is 4. The van der Waals surface area contributed by atoms with Gasteiger partial charge in [-0.15, -0.1) is 0 Å².